The van der Waals surface area contributed by atoms with Crippen molar-refractivity contribution in [2.45, 2.75) is 52.6 Å². The van der Waals surface area contributed by atoms with Crippen molar-refractivity contribution in [2.24, 2.45) is 10.9 Å². The van der Waals surface area contributed by atoms with Gasteiger partial charge in [0.15, 0.2) is 0 Å². The molecule has 6 nitrogen and oxygen atoms in total. The first kappa shape index (κ1) is 19.8. The van der Waals surface area contributed by atoms with E-state index in [-0.39, 0.29) is 6.09 Å². The van der Waals surface area contributed by atoms with Gasteiger partial charge in [-0.2, -0.15) is 4.99 Å². The van der Waals surface area contributed by atoms with Gasteiger partial charge in [-0.15, -0.1) is 11.8 Å². The molecule has 0 aromatic rings. The monoisotopic (exact) mass is 344 g/mol. The Morgan fingerprint density at radius 3 is 2.35 bits per heavy atom. The summed E-state index contributed by atoms with van der Waals surface area (Å²) in [5.74, 6) is 0.425. The lowest BCUT2D eigenvalue weighted by Gasteiger charge is -2.33. The molecule has 0 atom stereocenters. The Kier molecular flexibility index (Phi) is 7.88. The fraction of sp³-hybridized carbons (Fsp3) is 0.812. The molecule has 0 aromatic carbocycles. The number of thioether (sulfide) groups is 1. The van der Waals surface area contributed by atoms with Gasteiger partial charge in [-0.3, -0.25) is 0 Å². The number of hydrogen-bond donors (Lipinski definition) is 0. The zero-order valence-electron chi connectivity index (χ0n) is 14.8. The molecule has 1 aliphatic rings. The van der Waals surface area contributed by atoms with E-state index in [1.165, 1.54) is 11.8 Å². The van der Waals surface area contributed by atoms with Crippen LogP contribution in [-0.2, 0) is 9.47 Å². The number of hydrogen-bond acceptors (Lipinski definition) is 5. The molecule has 23 heavy (non-hydrogen) atoms. The van der Waals surface area contributed by atoms with Crippen molar-refractivity contribution in [3.05, 3.63) is 0 Å². The number of rotatable bonds is 3. The third-order valence-electron chi connectivity index (χ3n) is 3.45. The highest BCUT2D eigenvalue weighted by Crippen LogP contribution is 2.24. The topological polar surface area (TPSA) is 68.2 Å². The quantitative estimate of drug-likeness (QED) is 0.573. The second-order valence-electron chi connectivity index (χ2n) is 6.52. The minimum absolute atomic E-state index is 0.249. The molecule has 0 bridgehead atoms. The maximum absolute atomic E-state index is 12.0. The molecule has 1 heterocycles. The van der Waals surface area contributed by atoms with Gasteiger partial charge in [-0.05, 0) is 59.1 Å². The van der Waals surface area contributed by atoms with E-state index in [4.69, 9.17) is 9.47 Å². The van der Waals surface area contributed by atoms with E-state index >= 15 is 0 Å². The molecule has 7 heteroatoms. The summed E-state index contributed by atoms with van der Waals surface area (Å²) >= 11 is 1.48. The molecular weight excluding hydrogens is 316 g/mol. The largest absolute Gasteiger partial charge is 0.448 e. The lowest BCUT2D eigenvalue weighted by atomic mass is 9.94. The number of nitrogens with zero attached hydrogens (tertiary/aromatic N) is 2. The Balaban J connectivity index is 2.46. The van der Waals surface area contributed by atoms with Gasteiger partial charge in [-0.25, -0.2) is 9.59 Å². The molecule has 2 amide bonds. The highest BCUT2D eigenvalue weighted by atomic mass is 32.2. The number of amides is 2. The Labute approximate surface area is 143 Å². The third kappa shape index (κ3) is 7.72. The number of carbonyl (C=O) groups is 2. The van der Waals surface area contributed by atoms with Crippen LogP contribution in [0.2, 0.25) is 0 Å². The maximum Gasteiger partial charge on any atom is 0.434 e. The number of likely N-dealkylation sites (tertiary alicyclic amines) is 1. The zero-order chi connectivity index (χ0) is 17.5. The summed E-state index contributed by atoms with van der Waals surface area (Å²) in [5, 5.41) is 0.791. The van der Waals surface area contributed by atoms with Crippen LogP contribution in [0.25, 0.3) is 0 Å². The van der Waals surface area contributed by atoms with Gasteiger partial charge in [0.05, 0.1) is 11.7 Å². The number of piperidine rings is 1. The molecule has 0 unspecified atom stereocenters. The van der Waals surface area contributed by atoms with Gasteiger partial charge in [-0.1, -0.05) is 0 Å². The summed E-state index contributed by atoms with van der Waals surface area (Å²) in [7, 11) is 0. The van der Waals surface area contributed by atoms with Crippen LogP contribution >= 0.6 is 11.8 Å². The Morgan fingerprint density at radius 1 is 1.26 bits per heavy atom. The molecule has 0 aliphatic carbocycles. The summed E-state index contributed by atoms with van der Waals surface area (Å²) in [6, 6.07) is 0. The van der Waals surface area contributed by atoms with Crippen molar-refractivity contribution in [1.29, 1.82) is 0 Å². The summed E-state index contributed by atoms with van der Waals surface area (Å²) in [5.41, 5.74) is -0.466. The van der Waals surface area contributed by atoms with Crippen LogP contribution in [-0.4, -0.2) is 53.7 Å². The predicted octanol–water partition coefficient (Wildman–Crippen LogP) is 3.94. The minimum Gasteiger partial charge on any atom is -0.448 e. The Bertz CT molecular complexity index is 438. The van der Waals surface area contributed by atoms with Gasteiger partial charge >= 0.3 is 12.2 Å². The van der Waals surface area contributed by atoms with E-state index < -0.39 is 11.7 Å². The number of carbonyl (C=O) groups excluding carboxylic acids is 2. The number of aliphatic imine (C=N–C) groups is 1. The zero-order valence-corrected chi connectivity index (χ0v) is 15.6. The van der Waals surface area contributed by atoms with Gasteiger partial charge in [0.1, 0.15) is 5.60 Å². The van der Waals surface area contributed by atoms with E-state index in [9.17, 15) is 9.59 Å². The highest BCUT2D eigenvalue weighted by Gasteiger charge is 2.27. The van der Waals surface area contributed by atoms with Gasteiger partial charge in [0.2, 0.25) is 0 Å². The molecule has 0 N–H and O–H groups in total. The standard InChI is InChI=1S/C16H28N2O4S/c1-6-21-14(19)17-13(23-5)11-12-7-9-18(10-8-12)15(20)22-16(2,3)4/h12H,6-11H2,1-5H3/b17-13+. The molecular formula is C16H28N2O4S. The first-order valence-electron chi connectivity index (χ1n) is 8.01. The fourth-order valence-electron chi connectivity index (χ4n) is 2.33. The first-order valence-corrected chi connectivity index (χ1v) is 9.24. The molecule has 1 saturated heterocycles. The van der Waals surface area contributed by atoms with Gasteiger partial charge < -0.3 is 14.4 Å². The van der Waals surface area contributed by atoms with E-state index in [2.05, 4.69) is 4.99 Å². The second kappa shape index (κ2) is 9.15. The molecule has 1 fully saturated rings. The van der Waals surface area contributed by atoms with Crippen molar-refractivity contribution in [3.8, 4) is 0 Å². The van der Waals surface area contributed by atoms with E-state index in [1.54, 1.807) is 11.8 Å². The summed E-state index contributed by atoms with van der Waals surface area (Å²) in [6.07, 6.45) is 3.67. The van der Waals surface area contributed by atoms with Crippen LogP contribution in [0.1, 0.15) is 47.0 Å². The Hall–Kier alpha value is -1.24. The second-order valence-corrected chi connectivity index (χ2v) is 7.40. The lowest BCUT2D eigenvalue weighted by Crippen LogP contribution is -2.41. The molecule has 0 radical (unpaired) electrons. The molecule has 1 aliphatic heterocycles. The van der Waals surface area contributed by atoms with Crippen LogP contribution in [0.15, 0.2) is 4.99 Å². The number of ether oxygens (including phenoxy) is 2. The van der Waals surface area contributed by atoms with Gasteiger partial charge in [0, 0.05) is 13.1 Å². The molecule has 132 valence electrons. The van der Waals surface area contributed by atoms with Crippen molar-refractivity contribution in [2.75, 3.05) is 26.0 Å². The average molecular weight is 344 g/mol. The molecule has 0 saturated carbocycles. The summed E-state index contributed by atoms with van der Waals surface area (Å²) in [4.78, 5) is 29.2. The van der Waals surface area contributed by atoms with Crippen molar-refractivity contribution >= 4 is 29.0 Å². The third-order valence-corrected chi connectivity index (χ3v) is 4.18. The van der Waals surface area contributed by atoms with E-state index in [0.717, 1.165) is 24.3 Å². The smallest absolute Gasteiger partial charge is 0.434 e. The van der Waals surface area contributed by atoms with Crippen LogP contribution in [0, 0.1) is 5.92 Å². The highest BCUT2D eigenvalue weighted by molar-refractivity contribution is 8.13. The summed E-state index contributed by atoms with van der Waals surface area (Å²) < 4.78 is 10.2. The van der Waals surface area contributed by atoms with Crippen molar-refractivity contribution in [1.82, 2.24) is 4.90 Å². The first-order chi connectivity index (χ1) is 10.7. The SMILES string of the molecule is CCOC(=O)/N=C(\CC1CCN(C(=O)OC(C)(C)C)CC1)SC. The van der Waals surface area contributed by atoms with Crippen molar-refractivity contribution in [3.63, 3.8) is 0 Å². The molecule has 1 rings (SSSR count). The molecule has 0 aromatic heterocycles. The van der Waals surface area contributed by atoms with Crippen LogP contribution < -0.4 is 0 Å². The Morgan fingerprint density at radius 2 is 1.87 bits per heavy atom. The lowest BCUT2D eigenvalue weighted by molar-refractivity contribution is 0.0186. The van der Waals surface area contributed by atoms with Crippen molar-refractivity contribution < 1.29 is 19.1 Å². The van der Waals surface area contributed by atoms with Crippen LogP contribution in [0.3, 0.4) is 0 Å². The normalized spacial score (nSPS) is 17.1. The maximum atomic E-state index is 12.0. The molecule has 0 spiro atoms. The fourth-order valence-corrected chi connectivity index (χ4v) is 2.89. The predicted molar refractivity (Wildman–Crippen MR) is 93.1 cm³/mol. The average Bonchev–Trinajstić information content (AvgIpc) is 2.45. The van der Waals surface area contributed by atoms with Crippen LogP contribution in [0.5, 0.6) is 0 Å². The van der Waals surface area contributed by atoms with Crippen LogP contribution in [0.4, 0.5) is 9.59 Å². The van der Waals surface area contributed by atoms with E-state index in [0.29, 0.717) is 25.6 Å². The summed E-state index contributed by atoms with van der Waals surface area (Å²) in [6.45, 7) is 9.06. The van der Waals surface area contributed by atoms with E-state index in [1.807, 2.05) is 27.0 Å². The minimum atomic E-state index is -0.525. The van der Waals surface area contributed by atoms with Gasteiger partial charge in [0.25, 0.3) is 0 Å².